The molecule has 3 heterocycles. The van der Waals surface area contributed by atoms with Crippen LogP contribution < -0.4 is 5.43 Å². The molecule has 114 valence electrons. The van der Waals surface area contributed by atoms with Crippen LogP contribution in [0.25, 0.3) is 22.1 Å². The van der Waals surface area contributed by atoms with Gasteiger partial charge in [-0.05, 0) is 41.1 Å². The van der Waals surface area contributed by atoms with Crippen molar-refractivity contribution in [2.45, 2.75) is 6.92 Å². The SMILES string of the molecule is C/C(=N\Nc1nnc2c(n1)[nH]c1ccccc12)c1ccc(Br)s1. The van der Waals surface area contributed by atoms with Crippen LogP contribution in [0, 0.1) is 0 Å². The fourth-order valence-electron chi connectivity index (χ4n) is 2.27. The van der Waals surface area contributed by atoms with Crippen LogP contribution in [-0.2, 0) is 0 Å². The molecule has 0 atom stereocenters. The van der Waals surface area contributed by atoms with E-state index in [0.717, 1.165) is 30.8 Å². The second-order valence-corrected chi connectivity index (χ2v) is 7.38. The lowest BCUT2D eigenvalue weighted by molar-refractivity contribution is 1.01. The highest BCUT2D eigenvalue weighted by molar-refractivity contribution is 9.11. The van der Waals surface area contributed by atoms with E-state index in [2.05, 4.69) is 46.6 Å². The predicted molar refractivity (Wildman–Crippen MR) is 97.0 cm³/mol. The molecule has 8 heteroatoms. The largest absolute Gasteiger partial charge is 0.338 e. The Balaban J connectivity index is 1.65. The fourth-order valence-corrected chi connectivity index (χ4v) is 3.60. The summed E-state index contributed by atoms with van der Waals surface area (Å²) in [7, 11) is 0. The first kappa shape index (κ1) is 14.3. The molecular formula is C15H11BrN6S. The lowest BCUT2D eigenvalue weighted by Gasteiger charge is -1.99. The van der Waals surface area contributed by atoms with Gasteiger partial charge >= 0.3 is 0 Å². The monoisotopic (exact) mass is 386 g/mol. The maximum atomic E-state index is 4.43. The lowest BCUT2D eigenvalue weighted by Crippen LogP contribution is -2.02. The summed E-state index contributed by atoms with van der Waals surface area (Å²) in [5, 5.41) is 13.7. The van der Waals surface area contributed by atoms with E-state index in [9.17, 15) is 0 Å². The number of rotatable bonds is 3. The van der Waals surface area contributed by atoms with E-state index in [-0.39, 0.29) is 0 Å². The first-order valence-electron chi connectivity index (χ1n) is 6.88. The van der Waals surface area contributed by atoms with Crippen LogP contribution in [0.1, 0.15) is 11.8 Å². The van der Waals surface area contributed by atoms with Crippen LogP contribution >= 0.6 is 27.3 Å². The summed E-state index contributed by atoms with van der Waals surface area (Å²) in [6.45, 7) is 1.93. The minimum absolute atomic E-state index is 0.360. The van der Waals surface area contributed by atoms with E-state index < -0.39 is 0 Å². The molecule has 0 aliphatic heterocycles. The van der Waals surface area contributed by atoms with Gasteiger partial charge in [-0.25, -0.2) is 5.43 Å². The molecule has 0 radical (unpaired) electrons. The first-order chi connectivity index (χ1) is 11.2. The summed E-state index contributed by atoms with van der Waals surface area (Å²) in [6.07, 6.45) is 0. The maximum absolute atomic E-state index is 4.43. The van der Waals surface area contributed by atoms with E-state index in [4.69, 9.17) is 0 Å². The van der Waals surface area contributed by atoms with Crippen LogP contribution in [-0.4, -0.2) is 25.9 Å². The summed E-state index contributed by atoms with van der Waals surface area (Å²) in [6, 6.07) is 11.9. The molecule has 0 bridgehead atoms. The Kier molecular flexibility index (Phi) is 3.55. The number of nitrogens with zero attached hydrogens (tertiary/aromatic N) is 4. The maximum Gasteiger partial charge on any atom is 0.265 e. The average Bonchev–Trinajstić information content (AvgIpc) is 3.15. The minimum atomic E-state index is 0.360. The van der Waals surface area contributed by atoms with Crippen LogP contribution in [0.3, 0.4) is 0 Å². The highest BCUT2D eigenvalue weighted by Gasteiger charge is 2.08. The van der Waals surface area contributed by atoms with Crippen molar-refractivity contribution in [3.63, 3.8) is 0 Å². The topological polar surface area (TPSA) is 78.8 Å². The van der Waals surface area contributed by atoms with Crippen molar-refractivity contribution in [2.75, 3.05) is 5.43 Å². The number of hydrazone groups is 1. The number of benzene rings is 1. The Morgan fingerprint density at radius 1 is 1.22 bits per heavy atom. The first-order valence-corrected chi connectivity index (χ1v) is 8.49. The molecule has 0 fully saturated rings. The van der Waals surface area contributed by atoms with Crippen molar-refractivity contribution in [2.24, 2.45) is 5.10 Å². The zero-order chi connectivity index (χ0) is 15.8. The fraction of sp³-hybridized carbons (Fsp3) is 0.0667. The van der Waals surface area contributed by atoms with Crippen molar-refractivity contribution in [3.05, 3.63) is 45.1 Å². The molecule has 3 aromatic heterocycles. The van der Waals surface area contributed by atoms with Crippen LogP contribution in [0.5, 0.6) is 0 Å². The van der Waals surface area contributed by atoms with E-state index in [1.807, 2.05) is 43.3 Å². The third-order valence-corrected chi connectivity index (χ3v) is 5.11. The van der Waals surface area contributed by atoms with Gasteiger partial charge in [-0.2, -0.15) is 10.1 Å². The number of aromatic amines is 1. The van der Waals surface area contributed by atoms with Gasteiger partial charge in [-0.3, -0.25) is 0 Å². The molecule has 2 N–H and O–H groups in total. The van der Waals surface area contributed by atoms with Crippen molar-refractivity contribution in [1.29, 1.82) is 0 Å². The number of fused-ring (bicyclic) bond motifs is 3. The van der Waals surface area contributed by atoms with E-state index in [0.29, 0.717) is 11.6 Å². The van der Waals surface area contributed by atoms with Crippen molar-refractivity contribution in [1.82, 2.24) is 20.2 Å². The summed E-state index contributed by atoms with van der Waals surface area (Å²) >= 11 is 5.06. The quantitative estimate of drug-likeness (QED) is 0.409. The number of anilines is 1. The number of hydrogen-bond donors (Lipinski definition) is 2. The predicted octanol–water partition coefficient (Wildman–Crippen LogP) is 4.17. The Hall–Kier alpha value is -2.32. The molecule has 1 aromatic carbocycles. The van der Waals surface area contributed by atoms with E-state index in [1.165, 1.54) is 0 Å². The van der Waals surface area contributed by atoms with Crippen molar-refractivity contribution >= 4 is 61.0 Å². The highest BCUT2D eigenvalue weighted by Crippen LogP contribution is 2.23. The number of halogens is 1. The van der Waals surface area contributed by atoms with Gasteiger partial charge in [-0.1, -0.05) is 18.2 Å². The lowest BCUT2D eigenvalue weighted by atomic mass is 10.2. The van der Waals surface area contributed by atoms with Gasteiger partial charge in [0.25, 0.3) is 5.95 Å². The summed E-state index contributed by atoms with van der Waals surface area (Å²) in [5.74, 6) is 0.360. The molecule has 0 unspecified atom stereocenters. The zero-order valence-corrected chi connectivity index (χ0v) is 14.4. The minimum Gasteiger partial charge on any atom is -0.338 e. The average molecular weight is 387 g/mol. The second-order valence-electron chi connectivity index (χ2n) is 4.92. The standard InChI is InChI=1S/C15H11BrN6S/c1-8(11-6-7-12(16)23-11)19-21-15-18-14-13(20-22-15)9-4-2-3-5-10(9)17-14/h2-7H,1H3,(H2,17,18,21,22)/b19-8+. The van der Waals surface area contributed by atoms with Gasteiger partial charge in [0.15, 0.2) is 5.65 Å². The number of hydrogen-bond acceptors (Lipinski definition) is 6. The van der Waals surface area contributed by atoms with Crippen LogP contribution in [0.2, 0.25) is 0 Å². The Labute approximate surface area is 143 Å². The molecule has 0 aliphatic rings. The summed E-state index contributed by atoms with van der Waals surface area (Å²) in [4.78, 5) is 8.74. The number of aromatic nitrogens is 4. The smallest absolute Gasteiger partial charge is 0.265 e. The second kappa shape index (κ2) is 5.71. The molecule has 0 aliphatic carbocycles. The Morgan fingerprint density at radius 3 is 2.91 bits per heavy atom. The third-order valence-electron chi connectivity index (χ3n) is 3.38. The Morgan fingerprint density at radius 2 is 2.09 bits per heavy atom. The molecule has 0 saturated heterocycles. The summed E-state index contributed by atoms with van der Waals surface area (Å²) in [5.41, 5.74) is 6.16. The third kappa shape index (κ3) is 2.71. The normalized spacial score (nSPS) is 12.2. The van der Waals surface area contributed by atoms with E-state index in [1.54, 1.807) is 11.3 Å². The van der Waals surface area contributed by atoms with Gasteiger partial charge in [0.2, 0.25) is 0 Å². The summed E-state index contributed by atoms with van der Waals surface area (Å²) < 4.78 is 1.07. The van der Waals surface area contributed by atoms with Crippen molar-refractivity contribution in [3.8, 4) is 0 Å². The number of thiophene rings is 1. The molecule has 6 nitrogen and oxygen atoms in total. The van der Waals surface area contributed by atoms with Gasteiger partial charge in [-0.15, -0.1) is 21.5 Å². The van der Waals surface area contributed by atoms with Gasteiger partial charge < -0.3 is 4.98 Å². The molecule has 0 spiro atoms. The zero-order valence-electron chi connectivity index (χ0n) is 12.0. The van der Waals surface area contributed by atoms with Crippen molar-refractivity contribution < 1.29 is 0 Å². The molecule has 0 amide bonds. The molecule has 4 rings (SSSR count). The van der Waals surface area contributed by atoms with Gasteiger partial charge in [0.1, 0.15) is 5.52 Å². The number of H-pyrrole nitrogens is 1. The van der Waals surface area contributed by atoms with E-state index >= 15 is 0 Å². The highest BCUT2D eigenvalue weighted by atomic mass is 79.9. The number of nitrogens with one attached hydrogen (secondary N) is 2. The molecular weight excluding hydrogens is 376 g/mol. The van der Waals surface area contributed by atoms with Gasteiger partial charge in [0, 0.05) is 10.9 Å². The van der Waals surface area contributed by atoms with Crippen LogP contribution in [0.4, 0.5) is 5.95 Å². The molecule has 4 aromatic rings. The molecule has 0 saturated carbocycles. The molecule has 23 heavy (non-hydrogen) atoms. The van der Waals surface area contributed by atoms with Gasteiger partial charge in [0.05, 0.1) is 14.4 Å². The number of para-hydroxylation sites is 1. The van der Waals surface area contributed by atoms with Crippen LogP contribution in [0.15, 0.2) is 45.3 Å². The Bertz CT molecular complexity index is 1030.